The van der Waals surface area contributed by atoms with Crippen molar-refractivity contribution < 1.29 is 13.2 Å². The topological polar surface area (TPSA) is 80.5 Å². The average Bonchev–Trinajstić information content (AvgIpc) is 2.31. The highest BCUT2D eigenvalue weighted by Crippen LogP contribution is 2.21. The van der Waals surface area contributed by atoms with Gasteiger partial charge in [0, 0.05) is 16.6 Å². The molecule has 0 fully saturated rings. The zero-order valence-electron chi connectivity index (χ0n) is 11.7. The zero-order valence-corrected chi connectivity index (χ0v) is 14.0. The minimum absolute atomic E-state index is 0.260. The van der Waals surface area contributed by atoms with Crippen LogP contribution < -0.4 is 5.73 Å². The highest BCUT2D eigenvalue weighted by molar-refractivity contribution is 7.88. The number of carbonyl (C=O) groups is 1. The number of carbonyl (C=O) groups excluding carboxylic acids is 1. The van der Waals surface area contributed by atoms with Crippen LogP contribution in [0.15, 0.2) is 18.2 Å². The molecule has 0 heterocycles. The van der Waals surface area contributed by atoms with Crippen LogP contribution in [0.2, 0.25) is 10.0 Å². The van der Waals surface area contributed by atoms with Gasteiger partial charge >= 0.3 is 0 Å². The van der Waals surface area contributed by atoms with Crippen LogP contribution in [0.5, 0.6) is 0 Å². The standard InChI is InChI=1S/C13H18Cl2N2O3S/c1-2-3-4-17(8-13(16)18)21(19,20)9-10-5-11(14)7-12(15)6-10/h5-7H,2-4,8-9H2,1H3,(H2,16,18). The Hall–Kier alpha value is -0.820. The SMILES string of the molecule is CCCCN(CC(N)=O)S(=O)(=O)Cc1cc(Cl)cc(Cl)c1. The molecule has 1 rings (SSSR count). The molecule has 1 aromatic rings. The number of hydrogen-bond acceptors (Lipinski definition) is 3. The summed E-state index contributed by atoms with van der Waals surface area (Å²) in [6.45, 7) is 1.87. The molecule has 0 aliphatic carbocycles. The van der Waals surface area contributed by atoms with Gasteiger partial charge in [0.2, 0.25) is 15.9 Å². The summed E-state index contributed by atoms with van der Waals surface area (Å²) in [5.74, 6) is -0.955. The fourth-order valence-electron chi connectivity index (χ4n) is 1.82. The second-order valence-electron chi connectivity index (χ2n) is 4.69. The van der Waals surface area contributed by atoms with Gasteiger partial charge in [-0.25, -0.2) is 8.42 Å². The van der Waals surface area contributed by atoms with Crippen LogP contribution in [0.25, 0.3) is 0 Å². The van der Waals surface area contributed by atoms with Gasteiger partial charge in [0.15, 0.2) is 0 Å². The molecule has 5 nitrogen and oxygen atoms in total. The van der Waals surface area contributed by atoms with Gasteiger partial charge in [0.1, 0.15) is 0 Å². The highest BCUT2D eigenvalue weighted by atomic mass is 35.5. The number of halogens is 2. The lowest BCUT2D eigenvalue weighted by atomic mass is 10.2. The molecule has 0 radical (unpaired) electrons. The summed E-state index contributed by atoms with van der Waals surface area (Å²) in [5.41, 5.74) is 5.59. The molecule has 21 heavy (non-hydrogen) atoms. The van der Waals surface area contributed by atoms with Crippen molar-refractivity contribution in [1.82, 2.24) is 4.31 Å². The summed E-state index contributed by atoms with van der Waals surface area (Å²) >= 11 is 11.7. The molecular weight excluding hydrogens is 335 g/mol. The Kier molecular flexibility index (Phi) is 6.93. The maximum Gasteiger partial charge on any atom is 0.232 e. The van der Waals surface area contributed by atoms with Gasteiger partial charge in [-0.2, -0.15) is 4.31 Å². The quantitative estimate of drug-likeness (QED) is 0.779. The summed E-state index contributed by atoms with van der Waals surface area (Å²) in [4.78, 5) is 11.1. The van der Waals surface area contributed by atoms with E-state index in [0.29, 0.717) is 22.0 Å². The largest absolute Gasteiger partial charge is 0.369 e. The van der Waals surface area contributed by atoms with E-state index in [9.17, 15) is 13.2 Å². The van der Waals surface area contributed by atoms with Crippen molar-refractivity contribution in [3.8, 4) is 0 Å². The van der Waals surface area contributed by atoms with Crippen molar-refractivity contribution in [2.75, 3.05) is 13.1 Å². The summed E-state index contributed by atoms with van der Waals surface area (Å²) in [6, 6.07) is 4.60. The number of amides is 1. The van der Waals surface area contributed by atoms with Crippen LogP contribution in [-0.4, -0.2) is 31.7 Å². The Bertz CT molecular complexity index is 585. The van der Waals surface area contributed by atoms with E-state index in [1.54, 1.807) is 0 Å². The number of sulfonamides is 1. The van der Waals surface area contributed by atoms with Crippen molar-refractivity contribution in [1.29, 1.82) is 0 Å². The summed E-state index contributed by atoms with van der Waals surface area (Å²) in [7, 11) is -3.66. The summed E-state index contributed by atoms with van der Waals surface area (Å²) in [6.07, 6.45) is 1.47. The maximum absolute atomic E-state index is 12.4. The lowest BCUT2D eigenvalue weighted by Gasteiger charge is -2.20. The van der Waals surface area contributed by atoms with E-state index >= 15 is 0 Å². The molecule has 0 bridgehead atoms. The molecule has 0 unspecified atom stereocenters. The lowest BCUT2D eigenvalue weighted by Crippen LogP contribution is -2.39. The fraction of sp³-hybridized carbons (Fsp3) is 0.462. The Balaban J connectivity index is 2.96. The molecule has 1 aromatic carbocycles. The van der Waals surface area contributed by atoms with Crippen LogP contribution in [0.1, 0.15) is 25.3 Å². The van der Waals surface area contributed by atoms with Gasteiger partial charge in [-0.15, -0.1) is 0 Å². The molecule has 0 atom stereocenters. The van der Waals surface area contributed by atoms with E-state index < -0.39 is 15.9 Å². The van der Waals surface area contributed by atoms with Gasteiger partial charge in [0.25, 0.3) is 0 Å². The number of unbranched alkanes of at least 4 members (excludes halogenated alkanes) is 1. The van der Waals surface area contributed by atoms with Gasteiger partial charge in [-0.3, -0.25) is 4.79 Å². The monoisotopic (exact) mass is 352 g/mol. The zero-order chi connectivity index (χ0) is 16.0. The van der Waals surface area contributed by atoms with Gasteiger partial charge in [-0.05, 0) is 30.2 Å². The normalized spacial score (nSPS) is 11.8. The third-order valence-electron chi connectivity index (χ3n) is 2.76. The molecule has 0 saturated heterocycles. The van der Waals surface area contributed by atoms with Crippen LogP contribution >= 0.6 is 23.2 Å². The van der Waals surface area contributed by atoms with E-state index in [0.717, 1.165) is 10.7 Å². The molecule has 0 aromatic heterocycles. The number of rotatable bonds is 8. The predicted molar refractivity (Wildman–Crippen MR) is 84.8 cm³/mol. The van der Waals surface area contributed by atoms with Crippen molar-refractivity contribution in [2.45, 2.75) is 25.5 Å². The molecule has 8 heteroatoms. The van der Waals surface area contributed by atoms with E-state index in [2.05, 4.69) is 0 Å². The van der Waals surface area contributed by atoms with Crippen molar-refractivity contribution in [3.05, 3.63) is 33.8 Å². The second-order valence-corrected chi connectivity index (χ2v) is 7.53. The van der Waals surface area contributed by atoms with Gasteiger partial charge in [-0.1, -0.05) is 36.5 Å². The molecule has 0 spiro atoms. The van der Waals surface area contributed by atoms with Crippen molar-refractivity contribution in [2.24, 2.45) is 5.73 Å². The number of nitrogens with two attached hydrogens (primary N) is 1. The van der Waals surface area contributed by atoms with E-state index in [4.69, 9.17) is 28.9 Å². The first-order valence-electron chi connectivity index (χ1n) is 6.45. The number of hydrogen-bond donors (Lipinski definition) is 1. The van der Waals surface area contributed by atoms with Crippen LogP contribution in [0.4, 0.5) is 0 Å². The number of benzene rings is 1. The van der Waals surface area contributed by atoms with Crippen molar-refractivity contribution in [3.63, 3.8) is 0 Å². The van der Waals surface area contributed by atoms with Crippen molar-refractivity contribution >= 4 is 39.1 Å². The minimum atomic E-state index is -3.66. The highest BCUT2D eigenvalue weighted by Gasteiger charge is 2.24. The lowest BCUT2D eigenvalue weighted by molar-refractivity contribution is -0.118. The smallest absolute Gasteiger partial charge is 0.232 e. The van der Waals surface area contributed by atoms with Gasteiger partial charge < -0.3 is 5.73 Å². The molecule has 0 aliphatic heterocycles. The summed E-state index contributed by atoms with van der Waals surface area (Å²) in [5, 5.41) is 0.727. The van der Waals surface area contributed by atoms with E-state index in [1.165, 1.54) is 18.2 Å². The third kappa shape index (κ3) is 6.22. The minimum Gasteiger partial charge on any atom is -0.369 e. The number of nitrogens with zero attached hydrogens (tertiary/aromatic N) is 1. The first kappa shape index (κ1) is 18.2. The molecule has 0 saturated carbocycles. The first-order valence-corrected chi connectivity index (χ1v) is 8.82. The van der Waals surface area contributed by atoms with Crippen LogP contribution in [0, 0.1) is 0 Å². The molecule has 1 amide bonds. The Morgan fingerprint density at radius 2 is 1.81 bits per heavy atom. The molecular formula is C13H18Cl2N2O3S. The van der Waals surface area contributed by atoms with E-state index in [-0.39, 0.29) is 18.8 Å². The Morgan fingerprint density at radius 3 is 2.29 bits per heavy atom. The maximum atomic E-state index is 12.4. The molecule has 118 valence electrons. The van der Waals surface area contributed by atoms with Crippen LogP contribution in [-0.2, 0) is 20.6 Å². The summed E-state index contributed by atoms with van der Waals surface area (Å²) < 4.78 is 25.9. The van der Waals surface area contributed by atoms with Gasteiger partial charge in [0.05, 0.1) is 12.3 Å². The first-order chi connectivity index (χ1) is 9.74. The predicted octanol–water partition coefficient (Wildman–Crippen LogP) is 2.41. The average molecular weight is 353 g/mol. The number of primary amides is 1. The second kappa shape index (κ2) is 7.98. The third-order valence-corrected chi connectivity index (χ3v) is 4.99. The Labute approximate surface area is 135 Å². The molecule has 0 aliphatic rings. The fourth-order valence-corrected chi connectivity index (χ4v) is 3.89. The molecule has 2 N–H and O–H groups in total. The Morgan fingerprint density at radius 1 is 1.24 bits per heavy atom. The van der Waals surface area contributed by atoms with E-state index in [1.807, 2.05) is 6.92 Å². The van der Waals surface area contributed by atoms with Crippen LogP contribution in [0.3, 0.4) is 0 Å².